The third-order valence-corrected chi connectivity index (χ3v) is 5.71. The summed E-state index contributed by atoms with van der Waals surface area (Å²) in [5.74, 6) is 1.21. The smallest absolute Gasteiger partial charge is 0.256 e. The van der Waals surface area contributed by atoms with Gasteiger partial charge in [0.05, 0.1) is 0 Å². The van der Waals surface area contributed by atoms with Gasteiger partial charge in [-0.25, -0.2) is 4.98 Å². The number of rotatable bonds is 3. The van der Waals surface area contributed by atoms with Crippen LogP contribution in [0.15, 0.2) is 52.9 Å². The predicted molar refractivity (Wildman–Crippen MR) is 105 cm³/mol. The fourth-order valence-corrected chi connectivity index (χ4v) is 4.17. The maximum absolute atomic E-state index is 13.0. The number of carbonyl (C=O) groups is 1. The zero-order valence-corrected chi connectivity index (χ0v) is 14.8. The Hall–Kier alpha value is -3.14. The fraction of sp³-hybridized carbons (Fsp3) is 0.217. The van der Waals surface area contributed by atoms with Crippen molar-refractivity contribution in [3.05, 3.63) is 71.1 Å². The molecule has 4 aromatic rings. The van der Waals surface area contributed by atoms with Crippen molar-refractivity contribution in [1.82, 2.24) is 4.98 Å². The van der Waals surface area contributed by atoms with Gasteiger partial charge in [-0.3, -0.25) is 4.79 Å². The van der Waals surface area contributed by atoms with E-state index in [1.165, 1.54) is 16.5 Å². The standard InChI is InChI=1S/C23H18N2O2/c26-22(18-10-8-14-5-4-13-2-1-3-17(18)21(13)14)24-16-9-11-20-19(12-16)25-23(27-20)15-6-7-15/h1-3,8-12,15H,4-7H2,(H,24,26). The molecule has 0 spiro atoms. The molecule has 2 aliphatic rings. The molecule has 0 saturated heterocycles. The molecule has 1 fully saturated rings. The molecular formula is C23H18N2O2. The van der Waals surface area contributed by atoms with E-state index in [9.17, 15) is 4.79 Å². The van der Waals surface area contributed by atoms with Crippen LogP contribution in [0.5, 0.6) is 0 Å². The molecule has 4 nitrogen and oxygen atoms in total. The van der Waals surface area contributed by atoms with Gasteiger partial charge < -0.3 is 9.73 Å². The molecule has 1 amide bonds. The highest BCUT2D eigenvalue weighted by Crippen LogP contribution is 2.40. The molecule has 0 atom stereocenters. The van der Waals surface area contributed by atoms with Crippen molar-refractivity contribution in [3.8, 4) is 0 Å². The Kier molecular flexibility index (Phi) is 3.01. The maximum atomic E-state index is 13.0. The van der Waals surface area contributed by atoms with Gasteiger partial charge in [0.2, 0.25) is 0 Å². The number of hydrogen-bond acceptors (Lipinski definition) is 3. The molecule has 0 aliphatic heterocycles. The predicted octanol–water partition coefficient (Wildman–Crippen LogP) is 5.21. The third kappa shape index (κ3) is 2.36. The number of carbonyl (C=O) groups excluding carboxylic acids is 1. The van der Waals surface area contributed by atoms with Gasteiger partial charge in [-0.15, -0.1) is 0 Å². The first-order chi connectivity index (χ1) is 13.3. The van der Waals surface area contributed by atoms with Crippen molar-refractivity contribution < 1.29 is 9.21 Å². The van der Waals surface area contributed by atoms with E-state index in [0.717, 1.165) is 59.3 Å². The van der Waals surface area contributed by atoms with Gasteiger partial charge in [0, 0.05) is 17.2 Å². The second-order valence-electron chi connectivity index (χ2n) is 7.57. The fourth-order valence-electron chi connectivity index (χ4n) is 4.17. The minimum absolute atomic E-state index is 0.0872. The number of nitrogens with zero attached hydrogens (tertiary/aromatic N) is 1. The van der Waals surface area contributed by atoms with Gasteiger partial charge in [0.1, 0.15) is 5.52 Å². The molecular weight excluding hydrogens is 336 g/mol. The quantitative estimate of drug-likeness (QED) is 0.549. The molecule has 4 heteroatoms. The van der Waals surface area contributed by atoms with Crippen molar-refractivity contribution in [2.75, 3.05) is 5.32 Å². The minimum atomic E-state index is -0.0872. The van der Waals surface area contributed by atoms with Crippen LogP contribution in [0.2, 0.25) is 0 Å². The van der Waals surface area contributed by atoms with Crippen LogP contribution in [-0.4, -0.2) is 10.9 Å². The monoisotopic (exact) mass is 354 g/mol. The Labute approximate surface area is 156 Å². The number of nitrogens with one attached hydrogen (secondary N) is 1. The molecule has 1 saturated carbocycles. The Morgan fingerprint density at radius 3 is 2.74 bits per heavy atom. The zero-order chi connectivity index (χ0) is 18.0. The van der Waals surface area contributed by atoms with Crippen LogP contribution in [0.1, 0.15) is 46.1 Å². The van der Waals surface area contributed by atoms with Crippen LogP contribution in [-0.2, 0) is 12.8 Å². The highest BCUT2D eigenvalue weighted by Gasteiger charge is 2.29. The summed E-state index contributed by atoms with van der Waals surface area (Å²) in [6, 6.07) is 16.0. The van der Waals surface area contributed by atoms with E-state index < -0.39 is 0 Å². The first-order valence-electron chi connectivity index (χ1n) is 9.51. The number of hydrogen-bond donors (Lipinski definition) is 1. The SMILES string of the molecule is O=C(Nc1ccc2oc(C3CC3)nc2c1)c1ccc2c3c(cccc13)CC2. The maximum Gasteiger partial charge on any atom is 0.256 e. The lowest BCUT2D eigenvalue weighted by atomic mass is 9.99. The third-order valence-electron chi connectivity index (χ3n) is 5.71. The van der Waals surface area contributed by atoms with Crippen molar-refractivity contribution in [2.24, 2.45) is 0 Å². The van der Waals surface area contributed by atoms with Crippen LogP contribution < -0.4 is 5.32 Å². The molecule has 2 aliphatic carbocycles. The molecule has 27 heavy (non-hydrogen) atoms. The minimum Gasteiger partial charge on any atom is -0.440 e. The summed E-state index contributed by atoms with van der Waals surface area (Å²) in [7, 11) is 0. The van der Waals surface area contributed by atoms with Gasteiger partial charge in [0.15, 0.2) is 11.5 Å². The Bertz CT molecular complexity index is 1220. The topological polar surface area (TPSA) is 55.1 Å². The van der Waals surface area contributed by atoms with Crippen molar-refractivity contribution in [2.45, 2.75) is 31.6 Å². The average molecular weight is 354 g/mol. The van der Waals surface area contributed by atoms with E-state index >= 15 is 0 Å². The van der Waals surface area contributed by atoms with E-state index in [2.05, 4.69) is 22.4 Å². The Morgan fingerprint density at radius 1 is 1.04 bits per heavy atom. The molecule has 1 aromatic heterocycles. The van der Waals surface area contributed by atoms with Crippen molar-refractivity contribution in [3.63, 3.8) is 0 Å². The highest BCUT2D eigenvalue weighted by molar-refractivity contribution is 6.14. The zero-order valence-electron chi connectivity index (χ0n) is 14.8. The van der Waals surface area contributed by atoms with Gasteiger partial charge in [0.25, 0.3) is 5.91 Å². The van der Waals surface area contributed by atoms with E-state index in [4.69, 9.17) is 4.42 Å². The van der Waals surface area contributed by atoms with E-state index in [1.807, 2.05) is 36.4 Å². The van der Waals surface area contributed by atoms with Gasteiger partial charge in [-0.2, -0.15) is 0 Å². The second kappa shape index (κ2) is 5.43. The first kappa shape index (κ1) is 15.0. The van der Waals surface area contributed by atoms with E-state index in [-0.39, 0.29) is 5.91 Å². The molecule has 1 N–H and O–H groups in total. The largest absolute Gasteiger partial charge is 0.440 e. The number of benzene rings is 3. The summed E-state index contributed by atoms with van der Waals surface area (Å²) in [5, 5.41) is 5.33. The molecule has 0 bridgehead atoms. The van der Waals surface area contributed by atoms with E-state index in [1.54, 1.807) is 0 Å². The number of amides is 1. The Morgan fingerprint density at radius 2 is 1.89 bits per heavy atom. The molecule has 0 unspecified atom stereocenters. The summed E-state index contributed by atoms with van der Waals surface area (Å²) in [4.78, 5) is 17.6. The van der Waals surface area contributed by atoms with Crippen molar-refractivity contribution >= 4 is 33.5 Å². The van der Waals surface area contributed by atoms with Crippen molar-refractivity contribution in [1.29, 1.82) is 0 Å². The van der Waals surface area contributed by atoms with Gasteiger partial charge in [-0.05, 0) is 71.8 Å². The number of oxazole rings is 1. The molecule has 1 heterocycles. The van der Waals surface area contributed by atoms with Crippen LogP contribution in [0.25, 0.3) is 21.9 Å². The number of aromatic nitrogens is 1. The number of fused-ring (bicyclic) bond motifs is 1. The molecule has 132 valence electrons. The highest BCUT2D eigenvalue weighted by atomic mass is 16.3. The summed E-state index contributed by atoms with van der Waals surface area (Å²) in [6.07, 6.45) is 4.43. The van der Waals surface area contributed by atoms with Crippen LogP contribution in [0.3, 0.4) is 0 Å². The molecule has 3 aromatic carbocycles. The summed E-state index contributed by atoms with van der Waals surface area (Å²) in [5.41, 5.74) is 5.72. The lowest BCUT2D eigenvalue weighted by Gasteiger charge is -2.10. The number of aryl methyl sites for hydroxylation is 2. The lowest BCUT2D eigenvalue weighted by Crippen LogP contribution is -2.12. The van der Waals surface area contributed by atoms with Crippen LogP contribution >= 0.6 is 0 Å². The van der Waals surface area contributed by atoms with Gasteiger partial charge >= 0.3 is 0 Å². The summed E-state index contributed by atoms with van der Waals surface area (Å²) < 4.78 is 5.80. The summed E-state index contributed by atoms with van der Waals surface area (Å²) in [6.45, 7) is 0. The normalized spacial score (nSPS) is 15.6. The van der Waals surface area contributed by atoms with E-state index in [0.29, 0.717) is 5.92 Å². The second-order valence-corrected chi connectivity index (χ2v) is 7.57. The molecule has 6 rings (SSSR count). The first-order valence-corrected chi connectivity index (χ1v) is 9.51. The Balaban J connectivity index is 1.36. The average Bonchev–Trinajstić information content (AvgIpc) is 3.32. The number of anilines is 1. The molecule has 0 radical (unpaired) electrons. The summed E-state index contributed by atoms with van der Waals surface area (Å²) >= 11 is 0. The lowest BCUT2D eigenvalue weighted by molar-refractivity contribution is 0.102. The van der Waals surface area contributed by atoms with Crippen LogP contribution in [0.4, 0.5) is 5.69 Å². The van der Waals surface area contributed by atoms with Gasteiger partial charge in [-0.1, -0.05) is 24.3 Å². The van der Waals surface area contributed by atoms with Crippen LogP contribution in [0, 0.1) is 0 Å².